The summed E-state index contributed by atoms with van der Waals surface area (Å²) in [7, 11) is 1.63. The van der Waals surface area contributed by atoms with Crippen LogP contribution in [-0.4, -0.2) is 42.5 Å². The number of benzene rings is 2. The van der Waals surface area contributed by atoms with Crippen molar-refractivity contribution >= 4 is 11.8 Å². The maximum atomic E-state index is 13.6. The Morgan fingerprint density at radius 1 is 1.10 bits per heavy atom. The van der Waals surface area contributed by atoms with Crippen molar-refractivity contribution in [3.05, 3.63) is 71.3 Å². The second-order valence-electron chi connectivity index (χ2n) is 7.99. The lowest BCUT2D eigenvalue weighted by molar-refractivity contribution is -0.126. The lowest BCUT2D eigenvalue weighted by atomic mass is 9.71. The average molecular weight is 392 g/mol. The van der Waals surface area contributed by atoms with E-state index in [-0.39, 0.29) is 17.7 Å². The molecule has 29 heavy (non-hydrogen) atoms. The highest BCUT2D eigenvalue weighted by atomic mass is 16.5. The smallest absolute Gasteiger partial charge is 0.254 e. The van der Waals surface area contributed by atoms with Gasteiger partial charge in [-0.25, -0.2) is 0 Å². The van der Waals surface area contributed by atoms with Crippen LogP contribution in [0.25, 0.3) is 0 Å². The number of rotatable bonds is 6. The van der Waals surface area contributed by atoms with E-state index in [0.717, 1.165) is 36.8 Å². The zero-order valence-electron chi connectivity index (χ0n) is 16.9. The molecule has 0 bridgehead atoms. The van der Waals surface area contributed by atoms with Crippen molar-refractivity contribution in [1.29, 1.82) is 0 Å². The molecule has 1 heterocycles. The van der Waals surface area contributed by atoms with Gasteiger partial charge < -0.3 is 15.0 Å². The summed E-state index contributed by atoms with van der Waals surface area (Å²) < 4.78 is 5.10. The molecule has 5 heteroatoms. The fourth-order valence-corrected chi connectivity index (χ4v) is 5.04. The van der Waals surface area contributed by atoms with Crippen LogP contribution >= 0.6 is 0 Å². The van der Waals surface area contributed by atoms with Crippen molar-refractivity contribution in [2.24, 2.45) is 0 Å². The highest BCUT2D eigenvalue weighted by Gasteiger charge is 2.55. The molecule has 1 aliphatic carbocycles. The molecule has 4 rings (SSSR count). The minimum absolute atomic E-state index is 0.0121. The SMILES string of the molecule is COCCNC(=O)C1c2ccccc2C(=O)N(Cc2ccccc2)C12CCCC2. The van der Waals surface area contributed by atoms with E-state index in [1.807, 2.05) is 59.5 Å². The van der Waals surface area contributed by atoms with E-state index >= 15 is 0 Å². The highest BCUT2D eigenvalue weighted by molar-refractivity contribution is 6.02. The van der Waals surface area contributed by atoms with Crippen molar-refractivity contribution in [3.63, 3.8) is 0 Å². The first-order chi connectivity index (χ1) is 14.2. The fraction of sp³-hybridized carbons (Fsp3) is 0.417. The van der Waals surface area contributed by atoms with Crippen LogP contribution in [0, 0.1) is 0 Å². The predicted octanol–water partition coefficient (Wildman–Crippen LogP) is 3.50. The predicted molar refractivity (Wildman–Crippen MR) is 112 cm³/mol. The van der Waals surface area contributed by atoms with E-state index in [1.165, 1.54) is 0 Å². The average Bonchev–Trinajstić information content (AvgIpc) is 3.22. The molecule has 2 aromatic rings. The van der Waals surface area contributed by atoms with Crippen LogP contribution in [0.2, 0.25) is 0 Å². The summed E-state index contributed by atoms with van der Waals surface area (Å²) in [5.74, 6) is -0.339. The minimum Gasteiger partial charge on any atom is -0.383 e. The Hall–Kier alpha value is -2.66. The monoisotopic (exact) mass is 392 g/mol. The van der Waals surface area contributed by atoms with Gasteiger partial charge in [0.05, 0.1) is 18.1 Å². The standard InChI is InChI=1S/C24H28N2O3/c1-29-16-15-25-22(27)21-19-11-5-6-12-20(19)23(28)26(24(21)13-7-8-14-24)17-18-9-3-2-4-10-18/h2-6,9-12,21H,7-8,13-17H2,1H3,(H,25,27). The molecule has 1 aliphatic heterocycles. The molecule has 1 atom stereocenters. The fourth-order valence-electron chi connectivity index (χ4n) is 5.04. The Morgan fingerprint density at radius 2 is 1.79 bits per heavy atom. The van der Waals surface area contributed by atoms with Crippen LogP contribution in [0.15, 0.2) is 54.6 Å². The number of fused-ring (bicyclic) bond motifs is 1. The third-order valence-corrected chi connectivity index (χ3v) is 6.34. The van der Waals surface area contributed by atoms with Gasteiger partial charge in [0.2, 0.25) is 5.91 Å². The van der Waals surface area contributed by atoms with Crippen molar-refractivity contribution < 1.29 is 14.3 Å². The third-order valence-electron chi connectivity index (χ3n) is 6.34. The molecule has 0 aromatic heterocycles. The summed E-state index contributed by atoms with van der Waals surface area (Å²) in [5, 5.41) is 3.04. The summed E-state index contributed by atoms with van der Waals surface area (Å²) >= 11 is 0. The van der Waals surface area contributed by atoms with Crippen molar-refractivity contribution in [2.45, 2.75) is 43.7 Å². The Balaban J connectivity index is 1.78. The Morgan fingerprint density at radius 3 is 2.52 bits per heavy atom. The van der Waals surface area contributed by atoms with E-state index in [4.69, 9.17) is 4.74 Å². The number of nitrogens with one attached hydrogen (secondary N) is 1. The van der Waals surface area contributed by atoms with Gasteiger partial charge in [0.15, 0.2) is 0 Å². The molecule has 0 saturated heterocycles. The molecule has 1 fully saturated rings. The number of hydrogen-bond acceptors (Lipinski definition) is 3. The topological polar surface area (TPSA) is 58.6 Å². The normalized spacial score (nSPS) is 20.0. The summed E-state index contributed by atoms with van der Waals surface area (Å²) in [6.07, 6.45) is 3.76. The molecule has 1 spiro atoms. The van der Waals surface area contributed by atoms with Crippen molar-refractivity contribution in [3.8, 4) is 0 Å². The van der Waals surface area contributed by atoms with Crippen LogP contribution in [-0.2, 0) is 16.1 Å². The van der Waals surface area contributed by atoms with Crippen LogP contribution < -0.4 is 5.32 Å². The largest absolute Gasteiger partial charge is 0.383 e. The highest BCUT2D eigenvalue weighted by Crippen LogP contribution is 2.50. The zero-order chi connectivity index (χ0) is 20.3. The first kappa shape index (κ1) is 19.6. The van der Waals surface area contributed by atoms with Crippen LogP contribution in [0.4, 0.5) is 0 Å². The van der Waals surface area contributed by atoms with Gasteiger partial charge in [-0.3, -0.25) is 9.59 Å². The minimum atomic E-state index is -0.474. The third kappa shape index (κ3) is 3.55. The van der Waals surface area contributed by atoms with E-state index in [1.54, 1.807) is 7.11 Å². The van der Waals surface area contributed by atoms with Crippen LogP contribution in [0.5, 0.6) is 0 Å². The first-order valence-corrected chi connectivity index (χ1v) is 10.4. The van der Waals surface area contributed by atoms with Gasteiger partial charge in [-0.2, -0.15) is 0 Å². The molecule has 5 nitrogen and oxygen atoms in total. The van der Waals surface area contributed by atoms with Gasteiger partial charge >= 0.3 is 0 Å². The van der Waals surface area contributed by atoms with Gasteiger partial charge in [0, 0.05) is 25.8 Å². The number of ether oxygens (including phenoxy) is 1. The summed E-state index contributed by atoms with van der Waals surface area (Å²) in [6, 6.07) is 17.7. The van der Waals surface area contributed by atoms with Gasteiger partial charge in [-0.15, -0.1) is 0 Å². The quantitative estimate of drug-likeness (QED) is 0.766. The van der Waals surface area contributed by atoms with Crippen LogP contribution in [0.1, 0.15) is 53.1 Å². The lowest BCUT2D eigenvalue weighted by Crippen LogP contribution is -2.60. The lowest BCUT2D eigenvalue weighted by Gasteiger charge is -2.50. The van der Waals surface area contributed by atoms with Gasteiger partial charge in [-0.05, 0) is 30.0 Å². The van der Waals surface area contributed by atoms with Crippen molar-refractivity contribution in [2.75, 3.05) is 20.3 Å². The number of carbonyl (C=O) groups is 2. The second kappa shape index (κ2) is 8.37. The maximum absolute atomic E-state index is 13.6. The number of carbonyl (C=O) groups excluding carboxylic acids is 2. The number of amides is 2. The number of methoxy groups -OCH3 is 1. The maximum Gasteiger partial charge on any atom is 0.254 e. The van der Waals surface area contributed by atoms with Gasteiger partial charge in [0.25, 0.3) is 5.91 Å². The molecule has 0 radical (unpaired) electrons. The van der Waals surface area contributed by atoms with Gasteiger partial charge in [-0.1, -0.05) is 61.4 Å². The van der Waals surface area contributed by atoms with E-state index in [9.17, 15) is 9.59 Å². The van der Waals surface area contributed by atoms with E-state index < -0.39 is 5.54 Å². The second-order valence-corrected chi connectivity index (χ2v) is 7.99. The first-order valence-electron chi connectivity index (χ1n) is 10.4. The molecule has 2 aliphatic rings. The zero-order valence-corrected chi connectivity index (χ0v) is 16.9. The van der Waals surface area contributed by atoms with Crippen LogP contribution in [0.3, 0.4) is 0 Å². The molecule has 2 aromatic carbocycles. The molecule has 1 saturated carbocycles. The molecular weight excluding hydrogens is 364 g/mol. The number of nitrogens with zero attached hydrogens (tertiary/aromatic N) is 1. The Bertz CT molecular complexity index is 875. The molecule has 1 N–H and O–H groups in total. The summed E-state index contributed by atoms with van der Waals surface area (Å²) in [4.78, 5) is 29.0. The van der Waals surface area contributed by atoms with Crippen molar-refractivity contribution in [1.82, 2.24) is 10.2 Å². The molecular formula is C24H28N2O3. The Kier molecular flexibility index (Phi) is 5.67. The van der Waals surface area contributed by atoms with E-state index in [0.29, 0.717) is 25.3 Å². The Labute approximate surface area is 172 Å². The molecule has 152 valence electrons. The summed E-state index contributed by atoms with van der Waals surface area (Å²) in [5.41, 5.74) is 2.12. The van der Waals surface area contributed by atoms with E-state index in [2.05, 4.69) is 5.32 Å². The number of hydrogen-bond donors (Lipinski definition) is 1. The van der Waals surface area contributed by atoms with Gasteiger partial charge in [0.1, 0.15) is 0 Å². The molecule has 2 amide bonds. The summed E-state index contributed by atoms with van der Waals surface area (Å²) in [6.45, 7) is 1.46. The molecule has 1 unspecified atom stereocenters.